The number of aromatic nitrogens is 2. The van der Waals surface area contributed by atoms with E-state index >= 15 is 0 Å². The molecule has 39 heavy (non-hydrogen) atoms. The van der Waals surface area contributed by atoms with Crippen LogP contribution in [-0.4, -0.2) is 58.9 Å². The minimum absolute atomic E-state index is 0.0183. The van der Waals surface area contributed by atoms with Crippen LogP contribution in [0.2, 0.25) is 0 Å². The van der Waals surface area contributed by atoms with Crippen molar-refractivity contribution in [1.29, 1.82) is 5.41 Å². The Morgan fingerprint density at radius 2 is 1.87 bits per heavy atom. The number of carbonyl (C=O) groups excluding carboxylic acids is 2. The molecule has 1 aromatic heterocycles. The predicted molar refractivity (Wildman–Crippen MR) is 158 cm³/mol. The van der Waals surface area contributed by atoms with Crippen LogP contribution in [0.4, 0.5) is 0 Å². The first kappa shape index (κ1) is 33.5. The molecule has 2 atom stereocenters. The van der Waals surface area contributed by atoms with Gasteiger partial charge in [-0.2, -0.15) is 4.98 Å². The number of allylic oxidation sites excluding steroid dienone is 2. The minimum Gasteiger partial charge on any atom is -0.476 e. The number of likely N-dealkylation sites (N-methyl/N-ethyl adjacent to an activating group) is 1. The molecule has 2 fully saturated rings. The first-order valence-corrected chi connectivity index (χ1v) is 13.8. The number of Topliss-reactive ketones (excluding diaryl/α,β-unsaturated/α-hetero) is 2. The second kappa shape index (κ2) is 17.9. The maximum Gasteiger partial charge on any atom is 0.217 e. The summed E-state index contributed by atoms with van der Waals surface area (Å²) in [4.78, 5) is 37.0. The van der Waals surface area contributed by atoms with Crippen LogP contribution in [0, 0.1) is 24.2 Å². The molecular weight excluding hydrogens is 492 g/mol. The highest BCUT2D eigenvalue weighted by atomic mass is 16.5. The van der Waals surface area contributed by atoms with Crippen molar-refractivity contribution in [3.8, 4) is 18.7 Å². The van der Waals surface area contributed by atoms with Gasteiger partial charge in [-0.25, -0.2) is 4.98 Å². The van der Waals surface area contributed by atoms with Gasteiger partial charge in [0.1, 0.15) is 12.4 Å². The van der Waals surface area contributed by atoms with Gasteiger partial charge in [-0.05, 0) is 51.8 Å². The van der Waals surface area contributed by atoms with Crippen molar-refractivity contribution < 1.29 is 14.3 Å². The second-order valence-corrected chi connectivity index (χ2v) is 9.77. The Hall–Kier alpha value is -3.51. The molecule has 1 saturated carbocycles. The van der Waals surface area contributed by atoms with E-state index in [1.165, 1.54) is 12.5 Å². The van der Waals surface area contributed by atoms with E-state index in [1.54, 1.807) is 6.07 Å². The van der Waals surface area contributed by atoms with Crippen LogP contribution in [0.3, 0.4) is 0 Å². The lowest BCUT2D eigenvalue weighted by Gasteiger charge is -2.22. The minimum atomic E-state index is -0.645. The Labute approximate surface area is 234 Å². The zero-order valence-corrected chi connectivity index (χ0v) is 24.0. The number of terminal acetylenes is 1. The molecule has 0 amide bonds. The fourth-order valence-corrected chi connectivity index (χ4v) is 4.56. The maximum atomic E-state index is 13.3. The number of nitrogens with two attached hydrogens (primary N) is 2. The molecule has 9 nitrogen and oxygen atoms in total. The molecule has 2 aliphatic rings. The highest BCUT2D eigenvalue weighted by molar-refractivity contribution is 6.13. The van der Waals surface area contributed by atoms with Crippen molar-refractivity contribution in [2.75, 3.05) is 20.2 Å². The first-order chi connectivity index (χ1) is 18.8. The van der Waals surface area contributed by atoms with Crippen LogP contribution < -0.4 is 16.2 Å². The smallest absolute Gasteiger partial charge is 0.217 e. The van der Waals surface area contributed by atoms with Gasteiger partial charge in [0, 0.05) is 30.3 Å². The third-order valence-electron chi connectivity index (χ3n) is 6.59. The monoisotopic (exact) mass is 538 g/mol. The molecule has 0 unspecified atom stereocenters. The number of hydrogen-bond donors (Lipinski definition) is 3. The van der Waals surface area contributed by atoms with Crippen LogP contribution in [0.5, 0.6) is 5.88 Å². The Kier molecular flexibility index (Phi) is 15.4. The van der Waals surface area contributed by atoms with Crippen molar-refractivity contribution in [1.82, 2.24) is 14.9 Å². The SMILES string of the molecule is C#C.CCC.CCC/C(C(=O)[C@H]1CCCCC1=O)=C(/N)c1nc(OC[C@@H]2CCCN2C)cc(/C(N)=C/C=N)n1. The van der Waals surface area contributed by atoms with Gasteiger partial charge in [-0.3, -0.25) is 9.59 Å². The Morgan fingerprint density at radius 1 is 1.18 bits per heavy atom. The molecule has 2 heterocycles. The number of likely N-dealkylation sites (tertiary alicyclic amines) is 1. The van der Waals surface area contributed by atoms with Gasteiger partial charge < -0.3 is 26.5 Å². The number of ether oxygens (including phenoxy) is 1. The third kappa shape index (κ3) is 9.95. The number of nitrogens with one attached hydrogen (secondary N) is 1. The summed E-state index contributed by atoms with van der Waals surface area (Å²) >= 11 is 0. The number of rotatable bonds is 10. The number of carbonyl (C=O) groups is 2. The summed E-state index contributed by atoms with van der Waals surface area (Å²) in [5.74, 6) is -0.435. The van der Waals surface area contributed by atoms with Crippen LogP contribution in [0.25, 0.3) is 11.4 Å². The summed E-state index contributed by atoms with van der Waals surface area (Å²) in [5, 5.41) is 7.33. The largest absolute Gasteiger partial charge is 0.476 e. The highest BCUT2D eigenvalue weighted by Gasteiger charge is 2.32. The molecule has 0 spiro atoms. The average molecular weight is 539 g/mol. The Morgan fingerprint density at radius 3 is 2.44 bits per heavy atom. The summed E-state index contributed by atoms with van der Waals surface area (Å²) in [5.41, 5.74) is 13.7. The van der Waals surface area contributed by atoms with Gasteiger partial charge in [-0.15, -0.1) is 12.8 Å². The molecule has 0 aromatic carbocycles. The van der Waals surface area contributed by atoms with E-state index in [0.717, 1.165) is 38.4 Å². The molecule has 0 radical (unpaired) electrons. The summed E-state index contributed by atoms with van der Waals surface area (Å²) in [6.45, 7) is 7.70. The van der Waals surface area contributed by atoms with E-state index in [-0.39, 0.29) is 28.8 Å². The molecular formula is C30H46N6O3. The van der Waals surface area contributed by atoms with E-state index in [1.807, 2.05) is 6.92 Å². The fourth-order valence-electron chi connectivity index (χ4n) is 4.56. The zero-order valence-electron chi connectivity index (χ0n) is 24.0. The van der Waals surface area contributed by atoms with E-state index in [0.29, 0.717) is 55.5 Å². The molecule has 1 aromatic rings. The molecule has 0 bridgehead atoms. The Balaban J connectivity index is 0.00000142. The molecule has 5 N–H and O–H groups in total. The summed E-state index contributed by atoms with van der Waals surface area (Å²) in [6, 6.07) is 1.91. The van der Waals surface area contributed by atoms with Gasteiger partial charge in [0.05, 0.1) is 23.0 Å². The second-order valence-electron chi connectivity index (χ2n) is 9.77. The number of nitrogens with zero attached hydrogens (tertiary/aromatic N) is 3. The summed E-state index contributed by atoms with van der Waals surface area (Å²) in [6.07, 6.45) is 17.7. The van der Waals surface area contributed by atoms with E-state index in [2.05, 4.69) is 48.6 Å². The van der Waals surface area contributed by atoms with Crippen LogP contribution >= 0.6 is 0 Å². The third-order valence-corrected chi connectivity index (χ3v) is 6.59. The Bertz CT molecular complexity index is 1050. The number of ketones is 2. The fraction of sp³-hybridized carbons (Fsp3) is 0.567. The molecule has 1 aliphatic heterocycles. The first-order valence-electron chi connectivity index (χ1n) is 13.8. The van der Waals surface area contributed by atoms with E-state index < -0.39 is 5.92 Å². The molecule has 1 saturated heterocycles. The lowest BCUT2D eigenvalue weighted by Crippen LogP contribution is -2.31. The van der Waals surface area contributed by atoms with Gasteiger partial charge >= 0.3 is 0 Å². The quantitative estimate of drug-likeness (QED) is 0.172. The van der Waals surface area contributed by atoms with Gasteiger partial charge in [0.15, 0.2) is 11.6 Å². The average Bonchev–Trinajstić information content (AvgIpc) is 3.36. The predicted octanol–water partition coefficient (Wildman–Crippen LogP) is 4.36. The molecule has 3 rings (SSSR count). The molecule has 1 aliphatic carbocycles. The lowest BCUT2D eigenvalue weighted by atomic mass is 9.81. The van der Waals surface area contributed by atoms with Gasteiger partial charge in [-0.1, -0.05) is 40.0 Å². The lowest BCUT2D eigenvalue weighted by molar-refractivity contribution is -0.132. The van der Waals surface area contributed by atoms with Crippen molar-refractivity contribution in [2.24, 2.45) is 17.4 Å². The van der Waals surface area contributed by atoms with Gasteiger partial charge in [0.25, 0.3) is 0 Å². The number of hydrogen-bond acceptors (Lipinski definition) is 9. The molecule has 214 valence electrons. The maximum absolute atomic E-state index is 13.3. The zero-order chi connectivity index (χ0) is 29.4. The standard InChI is InChI=1S/C25H36N6O3.C3H8.C2H2/c1-3-7-18(24(33)17-9-4-5-10-21(17)32)23(28)25-29-20(19(27)11-12-26)14-22(30-25)34-15-16-8-6-13-31(16)2;1-3-2;1-2/h11-12,14,16-17,26H,3-10,13,15,27-28H2,1-2H3;3H2,1-2H3;1-2H/b19-11-,23-18-,26-12?;;/t16-,17-;;/m0../s1. The van der Waals surface area contributed by atoms with Crippen molar-refractivity contribution >= 4 is 29.2 Å². The topological polar surface area (TPSA) is 148 Å². The summed E-state index contributed by atoms with van der Waals surface area (Å²) in [7, 11) is 2.07. The highest BCUT2D eigenvalue weighted by Crippen LogP contribution is 2.28. The van der Waals surface area contributed by atoms with Crippen LogP contribution in [-0.2, 0) is 9.59 Å². The van der Waals surface area contributed by atoms with E-state index in [4.69, 9.17) is 21.6 Å². The van der Waals surface area contributed by atoms with Crippen LogP contribution in [0.1, 0.15) is 90.1 Å². The van der Waals surface area contributed by atoms with Crippen molar-refractivity contribution in [3.05, 3.63) is 29.2 Å². The van der Waals surface area contributed by atoms with Crippen molar-refractivity contribution in [2.45, 2.75) is 84.6 Å². The molecule has 9 heteroatoms. The normalized spacial score (nSPS) is 20.1. The van der Waals surface area contributed by atoms with Crippen molar-refractivity contribution in [3.63, 3.8) is 0 Å². The van der Waals surface area contributed by atoms with Gasteiger partial charge in [0.2, 0.25) is 5.88 Å². The van der Waals surface area contributed by atoms with E-state index in [9.17, 15) is 9.59 Å². The summed E-state index contributed by atoms with van der Waals surface area (Å²) < 4.78 is 6.00. The van der Waals surface area contributed by atoms with Crippen LogP contribution in [0.15, 0.2) is 17.7 Å².